The minimum atomic E-state index is -0.708. The molecule has 3 nitrogen and oxygen atoms in total. The van der Waals surface area contributed by atoms with Gasteiger partial charge in [-0.15, -0.1) is 10.2 Å². The van der Waals surface area contributed by atoms with E-state index in [2.05, 4.69) is 36.2 Å². The predicted octanol–water partition coefficient (Wildman–Crippen LogP) is 4.92. The normalized spacial score (nSPS) is 21.7. The van der Waals surface area contributed by atoms with E-state index in [0.29, 0.717) is 5.89 Å². The molecule has 5 heteroatoms. The summed E-state index contributed by atoms with van der Waals surface area (Å²) in [5.41, 5.74) is 1.33. The highest BCUT2D eigenvalue weighted by Crippen LogP contribution is 2.69. The Morgan fingerprint density at radius 2 is 1.71 bits per heavy atom. The molecule has 0 radical (unpaired) electrons. The van der Waals surface area contributed by atoms with Gasteiger partial charge in [0.15, 0.2) is 0 Å². The summed E-state index contributed by atoms with van der Waals surface area (Å²) >= 11 is 0. The Morgan fingerprint density at radius 3 is 2.42 bits per heavy atom. The molecule has 2 aromatic carbocycles. The van der Waals surface area contributed by atoms with Crippen molar-refractivity contribution < 1.29 is 13.2 Å². The molecular weight excluding hydrogens is 310 g/mol. The second-order valence-electron chi connectivity index (χ2n) is 6.76. The zero-order valence-electron chi connectivity index (χ0n) is 13.3. The van der Waals surface area contributed by atoms with E-state index in [-0.39, 0.29) is 28.7 Å². The minimum Gasteiger partial charge on any atom is -0.420 e. The highest BCUT2D eigenvalue weighted by Gasteiger charge is 2.61. The van der Waals surface area contributed by atoms with Crippen molar-refractivity contribution in [3.63, 3.8) is 0 Å². The van der Waals surface area contributed by atoms with Gasteiger partial charge in [0.25, 0.3) is 5.89 Å². The Kier molecular flexibility index (Phi) is 3.27. The van der Waals surface area contributed by atoms with Gasteiger partial charge >= 0.3 is 0 Å². The standard InChI is InChI=1S/C19H16F2N2O/c1-19(2)15(11-6-4-3-5-7-11)16(19)18-23-22-17(24-18)13-9-8-12(20)10-14(13)21/h3-10,15-16H,1-2H3/t15-,16+/m0/s1. The van der Waals surface area contributed by atoms with E-state index in [4.69, 9.17) is 4.42 Å². The molecule has 0 N–H and O–H groups in total. The summed E-state index contributed by atoms with van der Waals surface area (Å²) in [5, 5.41) is 8.07. The van der Waals surface area contributed by atoms with Crippen LogP contribution in [-0.2, 0) is 0 Å². The van der Waals surface area contributed by atoms with Crippen molar-refractivity contribution in [1.82, 2.24) is 10.2 Å². The van der Waals surface area contributed by atoms with E-state index in [1.807, 2.05) is 18.2 Å². The lowest BCUT2D eigenvalue weighted by molar-refractivity contribution is 0.473. The van der Waals surface area contributed by atoms with E-state index < -0.39 is 11.6 Å². The molecule has 1 fully saturated rings. The molecule has 2 atom stereocenters. The molecule has 0 bridgehead atoms. The number of nitrogens with zero attached hydrogens (tertiary/aromatic N) is 2. The van der Waals surface area contributed by atoms with Crippen molar-refractivity contribution in [2.24, 2.45) is 5.41 Å². The molecule has 1 aliphatic carbocycles. The summed E-state index contributed by atoms with van der Waals surface area (Å²) < 4.78 is 32.6. The number of benzene rings is 2. The quantitative estimate of drug-likeness (QED) is 0.685. The van der Waals surface area contributed by atoms with Crippen LogP contribution in [-0.4, -0.2) is 10.2 Å². The summed E-state index contributed by atoms with van der Waals surface area (Å²) in [6, 6.07) is 13.5. The maximum atomic E-state index is 13.9. The van der Waals surface area contributed by atoms with Crippen LogP contribution >= 0.6 is 0 Å². The van der Waals surface area contributed by atoms with Crippen molar-refractivity contribution in [1.29, 1.82) is 0 Å². The molecule has 1 heterocycles. The lowest BCUT2D eigenvalue weighted by atomic mass is 10.0. The molecule has 0 aliphatic heterocycles. The third kappa shape index (κ3) is 2.31. The van der Waals surface area contributed by atoms with Crippen molar-refractivity contribution in [2.75, 3.05) is 0 Å². The van der Waals surface area contributed by atoms with E-state index in [1.165, 1.54) is 17.7 Å². The molecule has 1 saturated carbocycles. The van der Waals surface area contributed by atoms with Gasteiger partial charge in [0.05, 0.1) is 11.5 Å². The van der Waals surface area contributed by atoms with Gasteiger partial charge in [-0.2, -0.15) is 0 Å². The summed E-state index contributed by atoms with van der Waals surface area (Å²) in [7, 11) is 0. The zero-order valence-corrected chi connectivity index (χ0v) is 13.3. The van der Waals surface area contributed by atoms with Crippen molar-refractivity contribution in [2.45, 2.75) is 25.7 Å². The Hall–Kier alpha value is -2.56. The van der Waals surface area contributed by atoms with Crippen LogP contribution < -0.4 is 0 Å². The van der Waals surface area contributed by atoms with Gasteiger partial charge in [-0.05, 0) is 23.1 Å². The fourth-order valence-corrected chi connectivity index (χ4v) is 3.51. The first-order chi connectivity index (χ1) is 11.5. The molecule has 0 amide bonds. The fourth-order valence-electron chi connectivity index (χ4n) is 3.51. The third-order valence-electron chi connectivity index (χ3n) is 4.85. The molecule has 0 saturated heterocycles. The molecule has 122 valence electrons. The van der Waals surface area contributed by atoms with Gasteiger partial charge in [0, 0.05) is 12.0 Å². The first-order valence-electron chi connectivity index (χ1n) is 7.82. The van der Waals surface area contributed by atoms with Crippen LogP contribution in [0.2, 0.25) is 0 Å². The molecule has 0 unspecified atom stereocenters. The Labute approximate surface area is 138 Å². The van der Waals surface area contributed by atoms with E-state index in [9.17, 15) is 8.78 Å². The van der Waals surface area contributed by atoms with E-state index in [1.54, 1.807) is 0 Å². The van der Waals surface area contributed by atoms with Crippen LogP contribution in [0.25, 0.3) is 11.5 Å². The summed E-state index contributed by atoms with van der Waals surface area (Å²) in [6.45, 7) is 4.30. The Bertz CT molecular complexity index is 889. The van der Waals surface area contributed by atoms with Crippen LogP contribution in [0.1, 0.15) is 37.1 Å². The van der Waals surface area contributed by atoms with Gasteiger partial charge in [0.1, 0.15) is 11.6 Å². The number of rotatable bonds is 3. The smallest absolute Gasteiger partial charge is 0.250 e. The number of aromatic nitrogens is 2. The first-order valence-corrected chi connectivity index (χ1v) is 7.82. The molecular formula is C19H16F2N2O. The maximum absolute atomic E-state index is 13.9. The van der Waals surface area contributed by atoms with E-state index in [0.717, 1.165) is 6.07 Å². The lowest BCUT2D eigenvalue weighted by Gasteiger charge is -2.01. The van der Waals surface area contributed by atoms with Crippen LogP contribution in [0, 0.1) is 17.0 Å². The fraction of sp³-hybridized carbons (Fsp3) is 0.263. The number of hydrogen-bond acceptors (Lipinski definition) is 3. The second kappa shape index (κ2) is 5.23. The average molecular weight is 326 g/mol. The number of hydrogen-bond donors (Lipinski definition) is 0. The number of halogens is 2. The highest BCUT2D eigenvalue weighted by atomic mass is 19.1. The van der Waals surface area contributed by atoms with Crippen LogP contribution in [0.15, 0.2) is 52.9 Å². The molecule has 24 heavy (non-hydrogen) atoms. The SMILES string of the molecule is CC1(C)[C@@H](c2ccccc2)[C@@H]1c1nnc(-c2ccc(F)cc2F)o1. The highest BCUT2D eigenvalue weighted by molar-refractivity contribution is 5.53. The predicted molar refractivity (Wildman–Crippen MR) is 85.4 cm³/mol. The van der Waals surface area contributed by atoms with Gasteiger partial charge in [-0.25, -0.2) is 8.78 Å². The molecule has 0 spiro atoms. The van der Waals surface area contributed by atoms with Gasteiger partial charge in [0.2, 0.25) is 5.89 Å². The first kappa shape index (κ1) is 15.0. The van der Waals surface area contributed by atoms with Crippen molar-refractivity contribution >= 4 is 0 Å². The van der Waals surface area contributed by atoms with Gasteiger partial charge < -0.3 is 4.42 Å². The van der Waals surface area contributed by atoms with Crippen LogP contribution in [0.5, 0.6) is 0 Å². The topological polar surface area (TPSA) is 38.9 Å². The van der Waals surface area contributed by atoms with Crippen molar-refractivity contribution in [3.8, 4) is 11.5 Å². The minimum absolute atomic E-state index is 0.00744. The van der Waals surface area contributed by atoms with Gasteiger partial charge in [-0.1, -0.05) is 44.2 Å². The summed E-state index contributed by atoms with van der Waals surface area (Å²) in [6.07, 6.45) is 0. The maximum Gasteiger partial charge on any atom is 0.250 e. The van der Waals surface area contributed by atoms with Gasteiger partial charge in [-0.3, -0.25) is 0 Å². The largest absolute Gasteiger partial charge is 0.420 e. The monoisotopic (exact) mass is 326 g/mol. The lowest BCUT2D eigenvalue weighted by Crippen LogP contribution is -1.90. The van der Waals surface area contributed by atoms with E-state index >= 15 is 0 Å². The van der Waals surface area contributed by atoms with Crippen molar-refractivity contribution in [3.05, 3.63) is 71.6 Å². The average Bonchev–Trinajstić information content (AvgIpc) is 2.90. The molecule has 4 rings (SSSR count). The zero-order chi connectivity index (χ0) is 16.9. The van der Waals surface area contributed by atoms with Crippen LogP contribution in [0.3, 0.4) is 0 Å². The molecule has 1 aromatic heterocycles. The van der Waals surface area contributed by atoms with Crippen LogP contribution in [0.4, 0.5) is 8.78 Å². The third-order valence-corrected chi connectivity index (χ3v) is 4.85. The Morgan fingerprint density at radius 1 is 0.958 bits per heavy atom. The molecule has 3 aromatic rings. The summed E-state index contributed by atoms with van der Waals surface area (Å²) in [5.74, 6) is -0.400. The molecule has 1 aliphatic rings. The Balaban J connectivity index is 1.66. The summed E-state index contributed by atoms with van der Waals surface area (Å²) in [4.78, 5) is 0. The second-order valence-corrected chi connectivity index (χ2v) is 6.76.